The number of cyclic esters (lactones) is 1. The van der Waals surface area contributed by atoms with Gasteiger partial charge in [0.15, 0.2) is 5.70 Å². The summed E-state index contributed by atoms with van der Waals surface area (Å²) < 4.78 is 10.7. The molecule has 0 spiro atoms. The molecule has 0 saturated carbocycles. The number of nitro groups is 1. The van der Waals surface area contributed by atoms with Gasteiger partial charge < -0.3 is 9.47 Å². The Morgan fingerprint density at radius 1 is 0.968 bits per heavy atom. The van der Waals surface area contributed by atoms with Crippen LogP contribution in [0.2, 0.25) is 0 Å². The minimum atomic E-state index is -0.691. The minimum absolute atomic E-state index is 0.0673. The van der Waals surface area contributed by atoms with Gasteiger partial charge in [0.25, 0.3) is 5.69 Å². The summed E-state index contributed by atoms with van der Waals surface area (Å²) in [5, 5.41) is 10.8. The Hall–Kier alpha value is -4.59. The fourth-order valence-corrected chi connectivity index (χ4v) is 2.83. The Balaban J connectivity index is 1.59. The van der Waals surface area contributed by atoms with Gasteiger partial charge >= 0.3 is 11.9 Å². The molecule has 4 rings (SSSR count). The Bertz CT molecular complexity index is 1230. The lowest BCUT2D eigenvalue weighted by Crippen LogP contribution is -2.09. The molecule has 1 aliphatic rings. The van der Waals surface area contributed by atoms with E-state index in [0.29, 0.717) is 11.1 Å². The first-order valence-electron chi connectivity index (χ1n) is 9.15. The van der Waals surface area contributed by atoms with Crippen molar-refractivity contribution < 1.29 is 24.0 Å². The number of aliphatic imine (C=N–C) groups is 1. The summed E-state index contributed by atoms with van der Waals surface area (Å²) in [7, 11) is 0. The highest BCUT2D eigenvalue weighted by Crippen LogP contribution is 2.25. The van der Waals surface area contributed by atoms with Gasteiger partial charge in [-0.1, -0.05) is 36.4 Å². The molecule has 31 heavy (non-hydrogen) atoms. The summed E-state index contributed by atoms with van der Waals surface area (Å²) in [6.07, 6.45) is 1.47. The van der Waals surface area contributed by atoms with Crippen LogP contribution in [0.5, 0.6) is 5.75 Å². The molecule has 0 radical (unpaired) electrons. The van der Waals surface area contributed by atoms with E-state index in [4.69, 9.17) is 9.47 Å². The highest BCUT2D eigenvalue weighted by Gasteiger charge is 2.24. The van der Waals surface area contributed by atoms with Crippen LogP contribution < -0.4 is 4.74 Å². The van der Waals surface area contributed by atoms with E-state index in [-0.39, 0.29) is 28.6 Å². The van der Waals surface area contributed by atoms with Crippen molar-refractivity contribution in [2.45, 2.75) is 0 Å². The van der Waals surface area contributed by atoms with Crippen LogP contribution in [0.4, 0.5) is 5.69 Å². The zero-order valence-electron chi connectivity index (χ0n) is 15.9. The molecule has 152 valence electrons. The van der Waals surface area contributed by atoms with Crippen molar-refractivity contribution in [3.8, 4) is 5.75 Å². The van der Waals surface area contributed by atoms with E-state index >= 15 is 0 Å². The van der Waals surface area contributed by atoms with Crippen LogP contribution >= 0.6 is 0 Å². The molecular formula is C23H14N2O6. The number of nitro benzene ring substituents is 1. The summed E-state index contributed by atoms with van der Waals surface area (Å²) in [6, 6.07) is 20.7. The van der Waals surface area contributed by atoms with Crippen LogP contribution in [0, 0.1) is 10.1 Å². The number of ether oxygens (including phenoxy) is 2. The number of esters is 2. The Morgan fingerprint density at radius 2 is 1.65 bits per heavy atom. The van der Waals surface area contributed by atoms with Crippen molar-refractivity contribution in [3.05, 3.63) is 111 Å². The minimum Gasteiger partial charge on any atom is -0.422 e. The number of rotatable bonds is 5. The maximum Gasteiger partial charge on any atom is 0.363 e. The normalized spacial score (nSPS) is 14.1. The van der Waals surface area contributed by atoms with Gasteiger partial charge in [-0.2, -0.15) is 0 Å². The molecule has 0 unspecified atom stereocenters. The predicted molar refractivity (Wildman–Crippen MR) is 112 cm³/mol. The summed E-state index contributed by atoms with van der Waals surface area (Å²) in [4.78, 5) is 39.1. The highest BCUT2D eigenvalue weighted by atomic mass is 16.6. The third kappa shape index (κ3) is 4.38. The second kappa shape index (κ2) is 8.42. The maximum atomic E-state index is 12.5. The van der Waals surface area contributed by atoms with Gasteiger partial charge in [-0.3, -0.25) is 10.1 Å². The zero-order chi connectivity index (χ0) is 21.8. The topological polar surface area (TPSA) is 108 Å². The smallest absolute Gasteiger partial charge is 0.363 e. The number of carbonyl (C=O) groups excluding carboxylic acids is 2. The van der Waals surface area contributed by atoms with E-state index in [1.54, 1.807) is 48.5 Å². The molecule has 1 aliphatic heterocycles. The molecule has 0 aromatic heterocycles. The average Bonchev–Trinajstić information content (AvgIpc) is 3.16. The lowest BCUT2D eigenvalue weighted by molar-refractivity contribution is -0.384. The molecule has 3 aromatic rings. The van der Waals surface area contributed by atoms with Gasteiger partial charge in [-0.25, -0.2) is 14.6 Å². The van der Waals surface area contributed by atoms with Crippen molar-refractivity contribution in [1.82, 2.24) is 0 Å². The first-order chi connectivity index (χ1) is 15.0. The van der Waals surface area contributed by atoms with Gasteiger partial charge in [0, 0.05) is 23.3 Å². The van der Waals surface area contributed by atoms with Gasteiger partial charge in [-0.15, -0.1) is 0 Å². The van der Waals surface area contributed by atoms with Crippen molar-refractivity contribution in [2.75, 3.05) is 0 Å². The number of non-ortho nitro benzene ring substituents is 1. The van der Waals surface area contributed by atoms with Gasteiger partial charge in [0.2, 0.25) is 5.90 Å². The van der Waals surface area contributed by atoms with E-state index in [9.17, 15) is 19.7 Å². The molecule has 0 bridgehead atoms. The first-order valence-corrected chi connectivity index (χ1v) is 9.15. The predicted octanol–water partition coefficient (Wildman–Crippen LogP) is 4.16. The lowest BCUT2D eigenvalue weighted by atomic mass is 10.1. The van der Waals surface area contributed by atoms with Crippen LogP contribution in [0.1, 0.15) is 21.5 Å². The number of hydrogen-bond donors (Lipinski definition) is 0. The highest BCUT2D eigenvalue weighted by molar-refractivity contribution is 6.13. The SMILES string of the molecule is O=C1OC(c2ccccc2)=N/C1=C/c1ccccc1OC(=O)c1ccc([N+](=O)[O-])cc1. The zero-order valence-corrected chi connectivity index (χ0v) is 15.9. The van der Waals surface area contributed by atoms with Gasteiger partial charge in [0.1, 0.15) is 5.75 Å². The second-order valence-corrected chi connectivity index (χ2v) is 6.43. The molecule has 0 aliphatic carbocycles. The number of hydrogen-bond acceptors (Lipinski definition) is 7. The van der Waals surface area contributed by atoms with E-state index in [1.807, 2.05) is 6.07 Å². The quantitative estimate of drug-likeness (QED) is 0.204. The average molecular weight is 414 g/mol. The summed E-state index contributed by atoms with van der Waals surface area (Å²) in [5.41, 5.74) is 1.20. The lowest BCUT2D eigenvalue weighted by Gasteiger charge is -2.07. The van der Waals surface area contributed by atoms with Crippen LogP contribution in [0.15, 0.2) is 89.6 Å². The fourth-order valence-electron chi connectivity index (χ4n) is 2.83. The molecule has 3 aromatic carbocycles. The van der Waals surface area contributed by atoms with Crippen LogP contribution in [-0.4, -0.2) is 22.8 Å². The number of carbonyl (C=O) groups is 2. The van der Waals surface area contributed by atoms with E-state index in [0.717, 1.165) is 0 Å². The number of nitrogens with zero attached hydrogens (tertiary/aromatic N) is 2. The molecule has 0 atom stereocenters. The monoisotopic (exact) mass is 414 g/mol. The Labute approximate surface area is 176 Å². The van der Waals surface area contributed by atoms with Crippen molar-refractivity contribution in [1.29, 1.82) is 0 Å². The van der Waals surface area contributed by atoms with E-state index < -0.39 is 16.9 Å². The number of benzene rings is 3. The van der Waals surface area contributed by atoms with Crippen molar-refractivity contribution in [2.24, 2.45) is 4.99 Å². The molecular weight excluding hydrogens is 400 g/mol. The van der Waals surface area contributed by atoms with Crippen LogP contribution in [0.25, 0.3) is 6.08 Å². The summed E-state index contributed by atoms with van der Waals surface area (Å²) in [6.45, 7) is 0. The maximum absolute atomic E-state index is 12.5. The molecule has 1 heterocycles. The second-order valence-electron chi connectivity index (χ2n) is 6.43. The van der Waals surface area contributed by atoms with E-state index in [2.05, 4.69) is 4.99 Å². The Morgan fingerprint density at radius 3 is 2.35 bits per heavy atom. The van der Waals surface area contributed by atoms with Gasteiger partial charge in [-0.05, 0) is 36.4 Å². The Kier molecular flexibility index (Phi) is 5.35. The summed E-state index contributed by atoms with van der Waals surface area (Å²) in [5.74, 6) is -0.912. The van der Waals surface area contributed by atoms with Crippen molar-refractivity contribution >= 4 is 29.6 Å². The molecule has 0 amide bonds. The summed E-state index contributed by atoms with van der Waals surface area (Å²) >= 11 is 0. The molecule has 0 N–H and O–H groups in total. The van der Waals surface area contributed by atoms with Gasteiger partial charge in [0.05, 0.1) is 10.5 Å². The molecule has 8 heteroatoms. The number of para-hydroxylation sites is 1. The van der Waals surface area contributed by atoms with Crippen LogP contribution in [0.3, 0.4) is 0 Å². The third-order valence-electron chi connectivity index (χ3n) is 4.37. The third-order valence-corrected chi connectivity index (χ3v) is 4.37. The van der Waals surface area contributed by atoms with E-state index in [1.165, 1.54) is 30.3 Å². The largest absolute Gasteiger partial charge is 0.422 e. The molecule has 0 saturated heterocycles. The first kappa shape index (κ1) is 19.7. The van der Waals surface area contributed by atoms with Crippen LogP contribution in [-0.2, 0) is 9.53 Å². The molecule has 0 fully saturated rings. The standard InChI is InChI=1S/C23H14N2O6/c26-22(16-10-12-18(13-11-16)25(28)29)30-20-9-5-4-8-17(20)14-19-23(27)31-21(24-19)15-6-2-1-3-7-15/h1-14H/b19-14+. The van der Waals surface area contributed by atoms with Crippen molar-refractivity contribution in [3.63, 3.8) is 0 Å². The molecule has 8 nitrogen and oxygen atoms in total. The fraction of sp³-hybridized carbons (Fsp3) is 0.